The fourth-order valence-electron chi connectivity index (χ4n) is 1.59. The van der Waals surface area contributed by atoms with E-state index in [1.54, 1.807) is 0 Å². The summed E-state index contributed by atoms with van der Waals surface area (Å²) < 4.78 is 39.4. The van der Waals surface area contributed by atoms with Crippen LogP contribution in [0.3, 0.4) is 0 Å². The van der Waals surface area contributed by atoms with Crippen LogP contribution >= 0.6 is 15.9 Å². The Balaban J connectivity index is 2.57. The van der Waals surface area contributed by atoms with Gasteiger partial charge in [-0.25, -0.2) is 14.5 Å². The van der Waals surface area contributed by atoms with Crippen LogP contribution in [-0.2, 0) is 6.18 Å². The van der Waals surface area contributed by atoms with Crippen molar-refractivity contribution >= 4 is 21.9 Å². The number of nitrogens with zero attached hydrogens (tertiary/aromatic N) is 3. The number of hydrogen-bond donors (Lipinski definition) is 1. The molecule has 0 fully saturated rings. The number of carbonyl (C=O) groups is 1. The van der Waals surface area contributed by atoms with E-state index in [0.29, 0.717) is 0 Å². The minimum atomic E-state index is -4.53. The van der Waals surface area contributed by atoms with Gasteiger partial charge in [-0.2, -0.15) is 13.2 Å². The Morgan fingerprint density at radius 2 is 2.05 bits per heavy atom. The molecule has 0 aliphatic rings. The summed E-state index contributed by atoms with van der Waals surface area (Å²) in [5, 5.41) is 12.4. The van der Waals surface area contributed by atoms with Crippen LogP contribution in [0.5, 0.6) is 0 Å². The van der Waals surface area contributed by atoms with Gasteiger partial charge in [0.25, 0.3) is 5.82 Å². The highest BCUT2D eigenvalue weighted by atomic mass is 79.9. The molecule has 5 nitrogen and oxygen atoms in total. The predicted molar refractivity (Wildman–Crippen MR) is 65.8 cm³/mol. The van der Waals surface area contributed by atoms with E-state index in [0.717, 1.165) is 10.7 Å². The largest absolute Gasteiger partial charge is 0.475 e. The van der Waals surface area contributed by atoms with Crippen LogP contribution in [0.2, 0.25) is 0 Å². The second-order valence-corrected chi connectivity index (χ2v) is 4.72. The standard InChI is InChI=1S/C11H7BrF3N3O2/c1-5-16-9(10(19)20)17-18(5)6-2-3-8(12)7(4-6)11(13,14)15/h2-4H,1H3,(H,19,20). The summed E-state index contributed by atoms with van der Waals surface area (Å²) in [7, 11) is 0. The summed E-state index contributed by atoms with van der Waals surface area (Å²) in [6.07, 6.45) is -4.53. The summed E-state index contributed by atoms with van der Waals surface area (Å²) in [6, 6.07) is 3.48. The number of carboxylic acid groups (broad SMARTS) is 1. The number of aromatic carboxylic acids is 1. The van der Waals surface area contributed by atoms with Crippen molar-refractivity contribution in [2.24, 2.45) is 0 Å². The van der Waals surface area contributed by atoms with E-state index < -0.39 is 23.5 Å². The highest BCUT2D eigenvalue weighted by molar-refractivity contribution is 9.10. The lowest BCUT2D eigenvalue weighted by molar-refractivity contribution is -0.138. The van der Waals surface area contributed by atoms with E-state index >= 15 is 0 Å². The van der Waals surface area contributed by atoms with Gasteiger partial charge < -0.3 is 5.11 Å². The average molecular weight is 350 g/mol. The zero-order valence-corrected chi connectivity index (χ0v) is 11.5. The number of carboxylic acids is 1. The molecule has 0 saturated carbocycles. The molecule has 0 spiro atoms. The Kier molecular flexibility index (Phi) is 3.55. The molecule has 1 N–H and O–H groups in total. The Hall–Kier alpha value is -1.90. The van der Waals surface area contributed by atoms with Crippen LogP contribution in [-0.4, -0.2) is 25.8 Å². The topological polar surface area (TPSA) is 68.0 Å². The minimum Gasteiger partial charge on any atom is -0.475 e. The maximum absolute atomic E-state index is 12.8. The predicted octanol–water partition coefficient (Wildman–Crippen LogP) is 3.06. The maximum atomic E-state index is 12.8. The van der Waals surface area contributed by atoms with Gasteiger partial charge in [-0.15, -0.1) is 5.10 Å². The quantitative estimate of drug-likeness (QED) is 0.904. The molecule has 1 aromatic carbocycles. The van der Waals surface area contributed by atoms with E-state index in [1.807, 2.05) is 0 Å². The molecular weight excluding hydrogens is 343 g/mol. The van der Waals surface area contributed by atoms with E-state index in [2.05, 4.69) is 26.0 Å². The highest BCUT2D eigenvalue weighted by Gasteiger charge is 2.33. The molecule has 0 aliphatic heterocycles. The maximum Gasteiger partial charge on any atom is 0.417 e. The Bertz CT molecular complexity index is 682. The molecule has 20 heavy (non-hydrogen) atoms. The molecule has 2 rings (SSSR count). The molecule has 0 amide bonds. The number of hydrogen-bond acceptors (Lipinski definition) is 3. The molecule has 106 valence electrons. The molecule has 9 heteroatoms. The third-order valence-electron chi connectivity index (χ3n) is 2.46. The summed E-state index contributed by atoms with van der Waals surface area (Å²) in [5.41, 5.74) is -0.792. The smallest absolute Gasteiger partial charge is 0.417 e. The highest BCUT2D eigenvalue weighted by Crippen LogP contribution is 2.36. The molecule has 0 atom stereocenters. The Morgan fingerprint density at radius 1 is 1.40 bits per heavy atom. The van der Waals surface area contributed by atoms with Crippen LogP contribution in [0.15, 0.2) is 22.7 Å². The van der Waals surface area contributed by atoms with Crippen LogP contribution in [0.4, 0.5) is 13.2 Å². The van der Waals surface area contributed by atoms with Crippen LogP contribution in [0.25, 0.3) is 5.69 Å². The average Bonchev–Trinajstić information content (AvgIpc) is 2.71. The minimum absolute atomic E-state index is 0.0815. The van der Waals surface area contributed by atoms with Gasteiger partial charge in [-0.1, -0.05) is 15.9 Å². The lowest BCUT2D eigenvalue weighted by Gasteiger charge is -2.11. The first-order valence-electron chi connectivity index (χ1n) is 5.24. The van der Waals surface area contributed by atoms with Gasteiger partial charge in [0.1, 0.15) is 5.82 Å². The van der Waals surface area contributed by atoms with E-state index in [-0.39, 0.29) is 16.0 Å². The van der Waals surface area contributed by atoms with Crippen molar-refractivity contribution in [1.29, 1.82) is 0 Å². The van der Waals surface area contributed by atoms with Gasteiger partial charge in [0.2, 0.25) is 0 Å². The van der Waals surface area contributed by atoms with Gasteiger partial charge in [0, 0.05) is 4.47 Å². The molecule has 0 bridgehead atoms. The first kappa shape index (κ1) is 14.5. The first-order chi connectivity index (χ1) is 9.20. The molecule has 0 radical (unpaired) electrons. The second-order valence-electron chi connectivity index (χ2n) is 3.86. The number of rotatable bonds is 2. The molecular formula is C11H7BrF3N3O2. The molecule has 1 heterocycles. The number of alkyl halides is 3. The van der Waals surface area contributed by atoms with Crippen molar-refractivity contribution in [2.75, 3.05) is 0 Å². The summed E-state index contributed by atoms with van der Waals surface area (Å²) in [5.74, 6) is -1.64. The van der Waals surface area contributed by atoms with Crippen LogP contribution in [0, 0.1) is 6.92 Å². The fraction of sp³-hybridized carbons (Fsp3) is 0.182. The molecule has 0 saturated heterocycles. The van der Waals surface area contributed by atoms with E-state index in [4.69, 9.17) is 5.11 Å². The van der Waals surface area contributed by atoms with Gasteiger partial charge in [-0.3, -0.25) is 0 Å². The Labute approximate surface area is 119 Å². The third kappa shape index (κ3) is 2.67. The fourth-order valence-corrected chi connectivity index (χ4v) is 2.06. The van der Waals surface area contributed by atoms with Crippen molar-refractivity contribution in [3.8, 4) is 5.69 Å². The number of aryl methyl sites for hydroxylation is 1. The zero-order valence-electron chi connectivity index (χ0n) is 9.94. The second kappa shape index (κ2) is 4.89. The normalized spacial score (nSPS) is 11.7. The number of aromatic nitrogens is 3. The molecule has 2 aromatic rings. The van der Waals surface area contributed by atoms with Crippen LogP contribution < -0.4 is 0 Å². The van der Waals surface area contributed by atoms with Crippen molar-refractivity contribution in [2.45, 2.75) is 13.1 Å². The van der Waals surface area contributed by atoms with Gasteiger partial charge >= 0.3 is 12.1 Å². The van der Waals surface area contributed by atoms with E-state index in [1.165, 1.54) is 19.1 Å². The molecule has 0 aliphatic carbocycles. The number of benzene rings is 1. The van der Waals surface area contributed by atoms with Gasteiger partial charge in [-0.05, 0) is 25.1 Å². The lowest BCUT2D eigenvalue weighted by atomic mass is 10.2. The monoisotopic (exact) mass is 349 g/mol. The SMILES string of the molecule is Cc1nc(C(=O)O)nn1-c1ccc(Br)c(C(F)(F)F)c1. The lowest BCUT2D eigenvalue weighted by Crippen LogP contribution is -2.09. The van der Waals surface area contributed by atoms with E-state index in [9.17, 15) is 18.0 Å². The zero-order chi connectivity index (χ0) is 15.1. The molecule has 0 unspecified atom stereocenters. The number of halogens is 4. The van der Waals surface area contributed by atoms with Crippen LogP contribution in [0.1, 0.15) is 22.0 Å². The first-order valence-corrected chi connectivity index (χ1v) is 6.03. The Morgan fingerprint density at radius 3 is 2.55 bits per heavy atom. The summed E-state index contributed by atoms with van der Waals surface area (Å²) in [6.45, 7) is 1.45. The van der Waals surface area contributed by atoms with Crippen molar-refractivity contribution in [3.05, 3.63) is 39.9 Å². The van der Waals surface area contributed by atoms with Crippen molar-refractivity contribution < 1.29 is 23.1 Å². The van der Waals surface area contributed by atoms with Crippen molar-refractivity contribution in [3.63, 3.8) is 0 Å². The summed E-state index contributed by atoms with van der Waals surface area (Å²) >= 11 is 2.83. The third-order valence-corrected chi connectivity index (χ3v) is 3.15. The van der Waals surface area contributed by atoms with Gasteiger partial charge in [0.05, 0.1) is 11.3 Å². The summed E-state index contributed by atoms with van der Waals surface area (Å²) in [4.78, 5) is 14.4. The van der Waals surface area contributed by atoms with Gasteiger partial charge in [0.15, 0.2) is 0 Å². The molecule has 1 aromatic heterocycles. The van der Waals surface area contributed by atoms with Crippen molar-refractivity contribution in [1.82, 2.24) is 14.8 Å².